The molecule has 0 aliphatic heterocycles. The van der Waals surface area contributed by atoms with Gasteiger partial charge in [-0.25, -0.2) is 9.78 Å². The van der Waals surface area contributed by atoms with Crippen molar-refractivity contribution in [3.05, 3.63) is 99.2 Å². The Morgan fingerprint density at radius 1 is 0.976 bits per heavy atom. The molecule has 0 saturated carbocycles. The largest absolute Gasteiger partial charge is 0.487 e. The zero-order valence-electron chi connectivity index (χ0n) is 21.9. The molecule has 0 aliphatic rings. The maximum atomic E-state index is 12.8. The summed E-state index contributed by atoms with van der Waals surface area (Å²) in [6.07, 6.45) is -5.38. The van der Waals surface area contributed by atoms with Gasteiger partial charge in [-0.3, -0.25) is 4.79 Å². The Morgan fingerprint density at radius 3 is 2.41 bits per heavy atom. The second kappa shape index (κ2) is 12.7. The number of likely N-dealkylation sites (N-methyl/N-ethyl adjacent to an activating group) is 1. The summed E-state index contributed by atoms with van der Waals surface area (Å²) in [4.78, 5) is 30.6. The van der Waals surface area contributed by atoms with Crippen molar-refractivity contribution >= 4 is 51.8 Å². The molecule has 1 aromatic heterocycles. The monoisotopic (exact) mass is 605 g/mol. The van der Waals surface area contributed by atoms with E-state index in [1.807, 2.05) is 31.2 Å². The van der Waals surface area contributed by atoms with Gasteiger partial charge in [0.15, 0.2) is 0 Å². The number of hydrogen-bond donors (Lipinski definition) is 1. The minimum Gasteiger partial charge on any atom is -0.487 e. The van der Waals surface area contributed by atoms with E-state index in [1.54, 1.807) is 18.2 Å². The number of carbonyl (C=O) groups excluding carboxylic acids is 2. The average molecular weight is 606 g/mol. The van der Waals surface area contributed by atoms with E-state index in [1.165, 1.54) is 24.1 Å². The molecule has 0 atom stereocenters. The van der Waals surface area contributed by atoms with Gasteiger partial charge in [0, 0.05) is 28.7 Å². The number of para-hydroxylation sites is 1. The molecule has 0 aliphatic carbocycles. The second-order valence-corrected chi connectivity index (χ2v) is 9.79. The van der Waals surface area contributed by atoms with Crippen LogP contribution < -0.4 is 15.0 Å². The molecule has 214 valence electrons. The molecule has 0 unspecified atom stereocenters. The topological polar surface area (TPSA) is 80.8 Å². The van der Waals surface area contributed by atoms with Crippen molar-refractivity contribution in [2.75, 3.05) is 18.5 Å². The number of fused-ring (bicyclic) bond motifs is 1. The van der Waals surface area contributed by atoms with Gasteiger partial charge in [-0.05, 0) is 48.9 Å². The quantitative estimate of drug-likeness (QED) is 0.227. The van der Waals surface area contributed by atoms with Crippen LogP contribution in [0.2, 0.25) is 10.0 Å². The molecule has 1 N–H and O–H groups in total. The van der Waals surface area contributed by atoms with Gasteiger partial charge in [-0.15, -0.1) is 0 Å². The number of halogens is 5. The number of anilines is 1. The van der Waals surface area contributed by atoms with Crippen LogP contribution in [0.25, 0.3) is 10.9 Å². The summed E-state index contributed by atoms with van der Waals surface area (Å²) in [5.41, 5.74) is 1.87. The Labute approximate surface area is 243 Å². The van der Waals surface area contributed by atoms with Crippen LogP contribution in [0.15, 0.2) is 66.7 Å². The van der Waals surface area contributed by atoms with Gasteiger partial charge in [-0.1, -0.05) is 53.5 Å². The fourth-order valence-electron chi connectivity index (χ4n) is 3.85. The van der Waals surface area contributed by atoms with E-state index >= 15 is 0 Å². The molecule has 0 fully saturated rings. The lowest BCUT2D eigenvalue weighted by Gasteiger charge is -2.21. The molecule has 41 heavy (non-hydrogen) atoms. The maximum absolute atomic E-state index is 12.8. The molecule has 0 bridgehead atoms. The third-order valence-corrected chi connectivity index (χ3v) is 6.91. The maximum Gasteiger partial charge on any atom is 0.416 e. The van der Waals surface area contributed by atoms with Gasteiger partial charge in [-0.2, -0.15) is 13.2 Å². The second-order valence-electron chi connectivity index (χ2n) is 9.01. The first-order valence-electron chi connectivity index (χ1n) is 12.2. The lowest BCUT2D eigenvalue weighted by molar-refractivity contribution is -0.137. The van der Waals surface area contributed by atoms with Gasteiger partial charge < -0.3 is 19.7 Å². The third-order valence-electron chi connectivity index (χ3n) is 6.13. The first-order valence-corrected chi connectivity index (χ1v) is 13.0. The smallest absolute Gasteiger partial charge is 0.416 e. The molecule has 0 spiro atoms. The molecular weight excluding hydrogens is 582 g/mol. The minimum absolute atomic E-state index is 0.0107. The van der Waals surface area contributed by atoms with E-state index in [0.717, 1.165) is 23.2 Å². The lowest BCUT2D eigenvalue weighted by atomic mass is 10.1. The predicted octanol–water partition coefficient (Wildman–Crippen LogP) is 7.34. The highest BCUT2D eigenvalue weighted by Gasteiger charge is 2.30. The molecule has 0 saturated heterocycles. The number of amides is 2. The molecular formula is C29H24Cl2F3N3O4. The molecule has 3 aromatic carbocycles. The Bertz CT molecular complexity index is 1580. The summed E-state index contributed by atoms with van der Waals surface area (Å²) in [6, 6.07) is 16.8. The van der Waals surface area contributed by atoms with Gasteiger partial charge in [0.2, 0.25) is 5.91 Å². The van der Waals surface area contributed by atoms with Crippen molar-refractivity contribution in [3.8, 4) is 5.75 Å². The number of rotatable bonds is 8. The third kappa shape index (κ3) is 7.39. The lowest BCUT2D eigenvalue weighted by Crippen LogP contribution is -2.38. The highest BCUT2D eigenvalue weighted by atomic mass is 35.5. The van der Waals surface area contributed by atoms with E-state index in [9.17, 15) is 22.8 Å². The average Bonchev–Trinajstić information content (AvgIpc) is 2.94. The molecule has 4 aromatic rings. The summed E-state index contributed by atoms with van der Waals surface area (Å²) < 4.78 is 49.1. The van der Waals surface area contributed by atoms with Crippen LogP contribution in [-0.4, -0.2) is 30.6 Å². The molecule has 7 nitrogen and oxygen atoms in total. The molecule has 4 rings (SSSR count). The van der Waals surface area contributed by atoms with Crippen molar-refractivity contribution in [3.63, 3.8) is 0 Å². The number of alkyl carbamates (subject to hydrolysis) is 1. The summed E-state index contributed by atoms with van der Waals surface area (Å²) >= 11 is 13.0. The number of aromatic nitrogens is 1. The van der Waals surface area contributed by atoms with Crippen LogP contribution in [0.5, 0.6) is 5.75 Å². The van der Waals surface area contributed by atoms with Gasteiger partial charge in [0.05, 0.1) is 16.3 Å². The van der Waals surface area contributed by atoms with Crippen molar-refractivity contribution in [1.29, 1.82) is 0 Å². The summed E-state index contributed by atoms with van der Waals surface area (Å²) in [7, 11) is 1.48. The van der Waals surface area contributed by atoms with E-state index in [-0.39, 0.29) is 18.2 Å². The molecule has 2 amide bonds. The number of nitrogens with one attached hydrogen (secondary N) is 1. The number of pyridine rings is 1. The number of ether oxygens (including phenoxy) is 2. The summed E-state index contributed by atoms with van der Waals surface area (Å²) in [5, 5.41) is 3.77. The summed E-state index contributed by atoms with van der Waals surface area (Å²) in [6.45, 7) is 1.20. The normalized spacial score (nSPS) is 11.3. The Morgan fingerprint density at radius 2 is 1.71 bits per heavy atom. The fourth-order valence-corrected chi connectivity index (χ4v) is 4.46. The standard InChI is InChI=1S/C29H24Cl2F3N3O4/c1-17-6-9-19-4-3-5-24(27(19)36-17)40-16-21-22(30)12-13-23(26(21)31)37(2)25(38)14-35-28(39)41-15-18-7-10-20(11-8-18)29(32,33)34/h3-13H,14-16H2,1-2H3,(H,35,39). The highest BCUT2D eigenvalue weighted by Crippen LogP contribution is 2.35. The SMILES string of the molecule is Cc1ccc2cccc(OCc3c(Cl)ccc(N(C)C(=O)CNC(=O)OCc4ccc(C(F)(F)F)cc4)c3Cl)c2n1. The Hall–Kier alpha value is -4.02. The van der Waals surface area contributed by atoms with Crippen LogP contribution in [0.3, 0.4) is 0 Å². The van der Waals surface area contributed by atoms with Crippen molar-refractivity contribution in [2.45, 2.75) is 26.3 Å². The number of nitrogens with zero attached hydrogens (tertiary/aromatic N) is 2. The van der Waals surface area contributed by atoms with Gasteiger partial charge >= 0.3 is 12.3 Å². The zero-order chi connectivity index (χ0) is 29.7. The first-order chi connectivity index (χ1) is 19.4. The van der Waals surface area contributed by atoms with Crippen LogP contribution in [0.1, 0.15) is 22.4 Å². The summed E-state index contributed by atoms with van der Waals surface area (Å²) in [5.74, 6) is 0.0356. The number of hydrogen-bond acceptors (Lipinski definition) is 5. The molecule has 12 heteroatoms. The van der Waals surface area contributed by atoms with Crippen molar-refractivity contribution in [2.24, 2.45) is 0 Å². The van der Waals surface area contributed by atoms with Crippen LogP contribution >= 0.6 is 23.2 Å². The Kier molecular flexibility index (Phi) is 9.25. The molecule has 1 heterocycles. The fraction of sp³-hybridized carbons (Fsp3) is 0.207. The van der Waals surface area contributed by atoms with Gasteiger partial charge in [0.1, 0.15) is 31.0 Å². The van der Waals surface area contributed by atoms with Crippen molar-refractivity contribution < 1.29 is 32.2 Å². The Balaban J connectivity index is 1.36. The van der Waals surface area contributed by atoms with Crippen LogP contribution in [0, 0.1) is 6.92 Å². The minimum atomic E-state index is -4.46. The van der Waals surface area contributed by atoms with E-state index in [4.69, 9.17) is 32.7 Å². The number of carbonyl (C=O) groups is 2. The van der Waals surface area contributed by atoms with E-state index in [2.05, 4.69) is 10.3 Å². The predicted molar refractivity (Wildman–Crippen MR) is 150 cm³/mol. The van der Waals surface area contributed by atoms with E-state index in [0.29, 0.717) is 33.1 Å². The van der Waals surface area contributed by atoms with Gasteiger partial charge in [0.25, 0.3) is 0 Å². The zero-order valence-corrected chi connectivity index (χ0v) is 23.4. The van der Waals surface area contributed by atoms with Crippen molar-refractivity contribution in [1.82, 2.24) is 10.3 Å². The number of benzene rings is 3. The highest BCUT2D eigenvalue weighted by molar-refractivity contribution is 6.38. The first kappa shape index (κ1) is 30.0. The number of alkyl halides is 3. The van der Waals surface area contributed by atoms with Crippen LogP contribution in [-0.2, 0) is 28.9 Å². The molecule has 0 radical (unpaired) electrons. The van der Waals surface area contributed by atoms with E-state index < -0.39 is 30.3 Å². The number of aryl methyl sites for hydroxylation is 1. The van der Waals surface area contributed by atoms with Crippen LogP contribution in [0.4, 0.5) is 23.7 Å².